The summed E-state index contributed by atoms with van der Waals surface area (Å²) in [6.07, 6.45) is 0. The summed E-state index contributed by atoms with van der Waals surface area (Å²) in [7, 11) is 0. The van der Waals surface area contributed by atoms with Crippen molar-refractivity contribution in [2.24, 2.45) is 5.73 Å². The smallest absolute Gasteiger partial charge is 0.321 e. The van der Waals surface area contributed by atoms with Gasteiger partial charge in [0.2, 0.25) is 0 Å². The number of thioether (sulfide) groups is 1. The van der Waals surface area contributed by atoms with Crippen LogP contribution in [0.15, 0.2) is 65.6 Å². The van der Waals surface area contributed by atoms with Crippen molar-refractivity contribution in [3.05, 3.63) is 66.2 Å². The van der Waals surface area contributed by atoms with Crippen LogP contribution in [-0.4, -0.2) is 22.9 Å². The van der Waals surface area contributed by atoms with Crippen molar-refractivity contribution in [3.8, 4) is 0 Å². The minimum absolute atomic E-state index is 0. The molecule has 0 heterocycles. The Hall–Kier alpha value is -0.781. The maximum absolute atomic E-state index is 10.4. The molecule has 0 unspecified atom stereocenters. The van der Waals surface area contributed by atoms with Gasteiger partial charge in [0.05, 0.1) is 0 Å². The Morgan fingerprint density at radius 3 is 2.00 bits per heavy atom. The van der Waals surface area contributed by atoms with Crippen LogP contribution in [0.4, 0.5) is 0 Å². The van der Waals surface area contributed by atoms with Gasteiger partial charge in [-0.3, -0.25) is 4.79 Å². The minimum Gasteiger partial charge on any atom is -0.480 e. The number of hydrogen-bond donors (Lipinski definition) is 3. The Balaban J connectivity index is 0.000000465. The molecule has 6 heteroatoms. The predicted octanol–water partition coefficient (Wildman–Crippen LogP) is 3.30. The van der Waals surface area contributed by atoms with Crippen LogP contribution in [0, 0.1) is 0 Å². The average molecular weight is 420 g/mol. The number of benzene rings is 2. The van der Waals surface area contributed by atoms with Gasteiger partial charge in [-0.25, -0.2) is 0 Å². The molecule has 0 aliphatic heterocycles. The van der Waals surface area contributed by atoms with Crippen LogP contribution in [-0.2, 0) is 30.7 Å². The molecule has 119 valence electrons. The fraction of sp³-hybridized carbons (Fsp3) is 0.188. The summed E-state index contributed by atoms with van der Waals surface area (Å²) < 4.78 is 0. The number of carbonyl (C=O) groups is 1. The van der Waals surface area contributed by atoms with Gasteiger partial charge in [-0.15, -0.1) is 12.6 Å². The number of aliphatic carboxylic acids is 1. The van der Waals surface area contributed by atoms with E-state index >= 15 is 0 Å². The molecular formula is C16H19NO2S2Tc. The van der Waals surface area contributed by atoms with Gasteiger partial charge in [0.15, 0.2) is 0 Å². The Bertz CT molecular complexity index is 526. The summed E-state index contributed by atoms with van der Waals surface area (Å²) in [5.41, 5.74) is 6.55. The standard InChI is InChI=1S/C10H13NO2S.C6H6S.Tc/c11-9(10(12)13)7-14-6-8-4-2-1-3-5-8;7-6-4-2-1-3-5-6;/h1-5,9H,6-7,11H2,(H,12,13);1-5,7H;/t9-;;/m0../s1/i;;1+1. The molecule has 0 aliphatic rings. The molecule has 1 atom stereocenters. The fourth-order valence-electron chi connectivity index (χ4n) is 1.38. The van der Waals surface area contributed by atoms with Gasteiger partial charge in [0.1, 0.15) is 6.04 Å². The molecule has 0 aromatic heterocycles. The molecule has 2 aromatic carbocycles. The van der Waals surface area contributed by atoms with Crippen LogP contribution in [0.1, 0.15) is 5.56 Å². The second-order valence-electron chi connectivity index (χ2n) is 4.28. The van der Waals surface area contributed by atoms with E-state index in [4.69, 9.17) is 10.8 Å². The molecule has 0 saturated carbocycles. The maximum atomic E-state index is 10.4. The van der Waals surface area contributed by atoms with Crippen LogP contribution < -0.4 is 5.73 Å². The molecular weight excluding hydrogens is 401 g/mol. The Labute approximate surface area is 154 Å². The van der Waals surface area contributed by atoms with E-state index in [9.17, 15) is 4.79 Å². The number of nitrogens with two attached hydrogens (primary N) is 1. The molecule has 3 N–H and O–H groups in total. The first-order chi connectivity index (χ1) is 10.1. The zero-order valence-corrected chi connectivity index (χ0v) is 15.5. The molecule has 0 fully saturated rings. The number of carboxylic acid groups (broad SMARTS) is 1. The van der Waals surface area contributed by atoms with E-state index in [-0.39, 0.29) is 20.1 Å². The second-order valence-corrected chi connectivity index (χ2v) is 5.83. The zero-order valence-electron chi connectivity index (χ0n) is 11.9. The Morgan fingerprint density at radius 1 is 1.09 bits per heavy atom. The van der Waals surface area contributed by atoms with Gasteiger partial charge in [0, 0.05) is 36.5 Å². The molecule has 2 rings (SSSR count). The van der Waals surface area contributed by atoms with Gasteiger partial charge >= 0.3 is 5.97 Å². The van der Waals surface area contributed by atoms with Gasteiger partial charge in [0.25, 0.3) is 0 Å². The third kappa shape index (κ3) is 10.0. The second kappa shape index (κ2) is 12.7. The Morgan fingerprint density at radius 2 is 1.59 bits per heavy atom. The SMILES string of the molecule is N[C@@H](CSCc1ccccc1)C(=O)O.Sc1ccccc1.[99Tc]. The fourth-order valence-corrected chi connectivity index (χ4v) is 2.49. The van der Waals surface area contributed by atoms with E-state index in [0.29, 0.717) is 5.75 Å². The molecule has 1 radical (unpaired) electrons. The van der Waals surface area contributed by atoms with Crippen molar-refractivity contribution in [2.75, 3.05) is 5.75 Å². The summed E-state index contributed by atoms with van der Waals surface area (Å²) >= 11 is 5.62. The first-order valence-electron chi connectivity index (χ1n) is 6.43. The number of thiol groups is 1. The number of rotatable bonds is 5. The van der Waals surface area contributed by atoms with Crippen LogP contribution in [0.25, 0.3) is 0 Å². The van der Waals surface area contributed by atoms with Crippen LogP contribution in [0.5, 0.6) is 0 Å². The summed E-state index contributed by atoms with van der Waals surface area (Å²) in [5.74, 6) is 0.317. The van der Waals surface area contributed by atoms with E-state index < -0.39 is 12.0 Å². The van der Waals surface area contributed by atoms with E-state index in [1.807, 2.05) is 60.7 Å². The van der Waals surface area contributed by atoms with Crippen molar-refractivity contribution in [3.63, 3.8) is 0 Å². The maximum Gasteiger partial charge on any atom is 0.321 e. The van der Waals surface area contributed by atoms with Gasteiger partial charge in [-0.2, -0.15) is 11.8 Å². The molecule has 0 bridgehead atoms. The quantitative estimate of drug-likeness (QED) is 0.650. The Kier molecular flexibility index (Phi) is 12.3. The topological polar surface area (TPSA) is 63.3 Å². The molecule has 3 nitrogen and oxygen atoms in total. The molecule has 0 aliphatic carbocycles. The number of carboxylic acids is 1. The van der Waals surface area contributed by atoms with E-state index in [1.54, 1.807) is 0 Å². The van der Waals surface area contributed by atoms with Crippen molar-refractivity contribution in [1.82, 2.24) is 0 Å². The molecule has 2 aromatic rings. The monoisotopic (exact) mass is 420 g/mol. The molecule has 0 spiro atoms. The first-order valence-corrected chi connectivity index (χ1v) is 8.04. The van der Waals surface area contributed by atoms with Gasteiger partial charge in [-0.1, -0.05) is 48.5 Å². The van der Waals surface area contributed by atoms with Gasteiger partial charge in [-0.05, 0) is 17.7 Å². The van der Waals surface area contributed by atoms with Crippen LogP contribution >= 0.6 is 24.4 Å². The van der Waals surface area contributed by atoms with Crippen molar-refractivity contribution in [1.29, 1.82) is 0 Å². The summed E-state index contributed by atoms with van der Waals surface area (Å²) in [4.78, 5) is 11.4. The summed E-state index contributed by atoms with van der Waals surface area (Å²) in [6, 6.07) is 18.9. The van der Waals surface area contributed by atoms with E-state index in [2.05, 4.69) is 12.6 Å². The van der Waals surface area contributed by atoms with Gasteiger partial charge < -0.3 is 10.8 Å². The first kappa shape index (κ1) is 21.2. The predicted molar refractivity (Wildman–Crippen MR) is 91.9 cm³/mol. The number of hydrogen-bond acceptors (Lipinski definition) is 4. The zero-order chi connectivity index (χ0) is 15.5. The summed E-state index contributed by atoms with van der Waals surface area (Å²) in [5, 5.41) is 8.54. The molecule has 0 saturated heterocycles. The van der Waals surface area contributed by atoms with Crippen LogP contribution in [0.2, 0.25) is 0 Å². The minimum atomic E-state index is -0.939. The largest absolute Gasteiger partial charge is 0.480 e. The average Bonchev–Trinajstić information content (AvgIpc) is 2.49. The van der Waals surface area contributed by atoms with Crippen molar-refractivity contribution < 1.29 is 30.0 Å². The third-order valence-corrected chi connectivity index (χ3v) is 3.91. The summed E-state index contributed by atoms with van der Waals surface area (Å²) in [6.45, 7) is 0. The van der Waals surface area contributed by atoms with Crippen LogP contribution in [0.3, 0.4) is 0 Å². The van der Waals surface area contributed by atoms with E-state index in [1.165, 1.54) is 17.3 Å². The normalized spacial score (nSPS) is 10.6. The van der Waals surface area contributed by atoms with E-state index in [0.717, 1.165) is 10.6 Å². The van der Waals surface area contributed by atoms with Crippen molar-refractivity contribution in [2.45, 2.75) is 16.7 Å². The molecule has 0 amide bonds. The molecule has 22 heavy (non-hydrogen) atoms. The third-order valence-electron chi connectivity index (χ3n) is 2.48. The van der Waals surface area contributed by atoms with Crippen molar-refractivity contribution >= 4 is 30.4 Å².